The van der Waals surface area contributed by atoms with Gasteiger partial charge in [-0.1, -0.05) is 52.7 Å². The van der Waals surface area contributed by atoms with Gasteiger partial charge in [-0.05, 0) is 30.3 Å². The third-order valence-corrected chi connectivity index (χ3v) is 6.22. The van der Waals surface area contributed by atoms with Crippen LogP contribution in [-0.4, -0.2) is 21.1 Å². The molecule has 0 saturated heterocycles. The highest BCUT2D eigenvalue weighted by atomic mass is 35.5. The van der Waals surface area contributed by atoms with Crippen LogP contribution in [0.4, 0.5) is 5.13 Å². The minimum atomic E-state index is -0.215. The number of carbonyl (C=O) groups is 1. The molecule has 0 fully saturated rings. The first-order valence-electron chi connectivity index (χ1n) is 8.77. The molecule has 0 aliphatic carbocycles. The first-order valence-corrected chi connectivity index (χ1v) is 11.2. The fraction of sp³-hybridized carbons (Fsp3) is 0.100. The van der Waals surface area contributed by atoms with Gasteiger partial charge in [0.15, 0.2) is 5.01 Å². The third kappa shape index (κ3) is 5.34. The molecule has 2 aromatic heterocycles. The number of hydrogen-bond acceptors (Lipinski definition) is 7. The van der Waals surface area contributed by atoms with Crippen LogP contribution in [0.15, 0.2) is 53.9 Å². The number of rotatable bonds is 7. The Bertz CT molecular complexity index is 1160. The highest BCUT2D eigenvalue weighted by molar-refractivity contribution is 7.18. The summed E-state index contributed by atoms with van der Waals surface area (Å²) in [6.45, 7) is 0.325. The number of thiazole rings is 1. The van der Waals surface area contributed by atoms with E-state index in [-0.39, 0.29) is 12.3 Å². The van der Waals surface area contributed by atoms with Gasteiger partial charge in [0.05, 0.1) is 17.1 Å². The summed E-state index contributed by atoms with van der Waals surface area (Å²) >= 11 is 14.8. The van der Waals surface area contributed by atoms with Crippen LogP contribution >= 0.6 is 45.9 Å². The predicted molar refractivity (Wildman–Crippen MR) is 121 cm³/mol. The summed E-state index contributed by atoms with van der Waals surface area (Å²) in [5.74, 6) is 0.492. The Labute approximate surface area is 190 Å². The van der Waals surface area contributed by atoms with Gasteiger partial charge in [-0.3, -0.25) is 4.79 Å². The number of aromatic nitrogens is 3. The number of ether oxygens (including phenoxy) is 1. The van der Waals surface area contributed by atoms with E-state index in [4.69, 9.17) is 27.9 Å². The quantitative estimate of drug-likeness (QED) is 0.368. The maximum atomic E-state index is 12.3. The molecule has 152 valence electrons. The van der Waals surface area contributed by atoms with E-state index in [2.05, 4.69) is 20.5 Å². The average Bonchev–Trinajstić information content (AvgIpc) is 3.37. The molecule has 0 saturated carbocycles. The van der Waals surface area contributed by atoms with Crippen molar-refractivity contribution in [3.63, 3.8) is 0 Å². The molecule has 6 nitrogen and oxygen atoms in total. The molecule has 0 bridgehead atoms. The Kier molecular flexibility index (Phi) is 6.59. The van der Waals surface area contributed by atoms with E-state index < -0.39 is 0 Å². The van der Waals surface area contributed by atoms with Gasteiger partial charge in [0.1, 0.15) is 17.4 Å². The number of hydrogen-bond donors (Lipinski definition) is 1. The lowest BCUT2D eigenvalue weighted by molar-refractivity contribution is -0.115. The number of halogens is 2. The Balaban J connectivity index is 1.31. The fourth-order valence-electron chi connectivity index (χ4n) is 2.52. The first-order chi connectivity index (χ1) is 14.6. The number of anilines is 1. The number of carbonyl (C=O) groups excluding carboxylic acids is 1. The van der Waals surface area contributed by atoms with Crippen LogP contribution in [-0.2, 0) is 17.8 Å². The predicted octanol–water partition coefficient (Wildman–Crippen LogP) is 5.73. The SMILES string of the molecule is O=C(Cc1csc(COc2ccc(Cl)cc2)n1)Nc1nnc(-c2ccccc2Cl)s1. The summed E-state index contributed by atoms with van der Waals surface area (Å²) in [5, 5.41) is 15.8. The van der Waals surface area contributed by atoms with Crippen LogP contribution in [0.5, 0.6) is 5.75 Å². The lowest BCUT2D eigenvalue weighted by Gasteiger charge is -2.03. The van der Waals surface area contributed by atoms with Crippen molar-refractivity contribution in [1.29, 1.82) is 0 Å². The van der Waals surface area contributed by atoms with E-state index in [1.165, 1.54) is 22.7 Å². The number of nitrogens with zero attached hydrogens (tertiary/aromatic N) is 3. The second-order valence-electron chi connectivity index (χ2n) is 6.09. The van der Waals surface area contributed by atoms with Crippen LogP contribution in [0.25, 0.3) is 10.6 Å². The number of amides is 1. The van der Waals surface area contributed by atoms with Crippen LogP contribution in [0, 0.1) is 0 Å². The molecule has 0 unspecified atom stereocenters. The van der Waals surface area contributed by atoms with Crippen molar-refractivity contribution in [1.82, 2.24) is 15.2 Å². The van der Waals surface area contributed by atoms with Crippen LogP contribution in [0.3, 0.4) is 0 Å². The van der Waals surface area contributed by atoms with Crippen molar-refractivity contribution >= 4 is 56.9 Å². The summed E-state index contributed by atoms with van der Waals surface area (Å²) in [6, 6.07) is 14.5. The van der Waals surface area contributed by atoms with Crippen LogP contribution in [0.2, 0.25) is 10.0 Å². The summed E-state index contributed by atoms with van der Waals surface area (Å²) in [6.07, 6.45) is 0.137. The Morgan fingerprint density at radius 2 is 1.87 bits per heavy atom. The zero-order valence-electron chi connectivity index (χ0n) is 15.3. The zero-order chi connectivity index (χ0) is 20.9. The molecule has 30 heavy (non-hydrogen) atoms. The van der Waals surface area contributed by atoms with Gasteiger partial charge in [0, 0.05) is 16.0 Å². The minimum absolute atomic E-state index is 0.137. The van der Waals surface area contributed by atoms with Crippen molar-refractivity contribution < 1.29 is 9.53 Å². The Hall–Kier alpha value is -2.52. The molecule has 0 atom stereocenters. The van der Waals surface area contributed by atoms with Gasteiger partial charge in [-0.15, -0.1) is 21.5 Å². The molecule has 0 radical (unpaired) electrons. The van der Waals surface area contributed by atoms with Crippen molar-refractivity contribution in [3.8, 4) is 16.3 Å². The largest absolute Gasteiger partial charge is 0.486 e. The monoisotopic (exact) mass is 476 g/mol. The number of nitrogens with one attached hydrogen (secondary N) is 1. The molecular formula is C20H14Cl2N4O2S2. The maximum absolute atomic E-state index is 12.3. The molecular weight excluding hydrogens is 463 g/mol. The molecule has 0 aliphatic heterocycles. The highest BCUT2D eigenvalue weighted by Gasteiger charge is 2.13. The second-order valence-corrected chi connectivity index (χ2v) is 8.86. The summed E-state index contributed by atoms with van der Waals surface area (Å²) in [4.78, 5) is 16.8. The summed E-state index contributed by atoms with van der Waals surface area (Å²) < 4.78 is 5.68. The van der Waals surface area contributed by atoms with Gasteiger partial charge in [-0.25, -0.2) is 4.98 Å². The molecule has 10 heteroatoms. The van der Waals surface area contributed by atoms with E-state index in [0.717, 1.165) is 10.6 Å². The fourth-order valence-corrected chi connectivity index (χ4v) is 4.43. The average molecular weight is 477 g/mol. The van der Waals surface area contributed by atoms with Crippen molar-refractivity contribution in [3.05, 3.63) is 74.7 Å². The van der Waals surface area contributed by atoms with Crippen molar-refractivity contribution in [2.45, 2.75) is 13.0 Å². The van der Waals surface area contributed by atoms with Gasteiger partial charge in [-0.2, -0.15) is 0 Å². The minimum Gasteiger partial charge on any atom is -0.486 e. The summed E-state index contributed by atoms with van der Waals surface area (Å²) in [7, 11) is 0. The molecule has 0 aliphatic rings. The molecule has 2 aromatic carbocycles. The van der Waals surface area contributed by atoms with Gasteiger partial charge < -0.3 is 10.1 Å². The van der Waals surface area contributed by atoms with E-state index in [1.54, 1.807) is 30.3 Å². The molecule has 0 spiro atoms. The molecule has 4 rings (SSSR count). The topological polar surface area (TPSA) is 77.0 Å². The second kappa shape index (κ2) is 9.53. The first kappa shape index (κ1) is 20.7. The zero-order valence-corrected chi connectivity index (χ0v) is 18.5. The van der Waals surface area contributed by atoms with E-state index >= 15 is 0 Å². The normalized spacial score (nSPS) is 10.7. The lowest BCUT2D eigenvalue weighted by Crippen LogP contribution is -2.14. The number of benzene rings is 2. The Morgan fingerprint density at radius 3 is 2.67 bits per heavy atom. The lowest BCUT2D eigenvalue weighted by atomic mass is 10.2. The van der Waals surface area contributed by atoms with E-state index in [9.17, 15) is 4.79 Å². The van der Waals surface area contributed by atoms with Gasteiger partial charge in [0.25, 0.3) is 0 Å². The van der Waals surface area contributed by atoms with Crippen LogP contribution < -0.4 is 10.1 Å². The van der Waals surface area contributed by atoms with Crippen molar-refractivity contribution in [2.24, 2.45) is 0 Å². The van der Waals surface area contributed by atoms with Crippen LogP contribution in [0.1, 0.15) is 10.7 Å². The molecule has 1 N–H and O–H groups in total. The molecule has 2 heterocycles. The highest BCUT2D eigenvalue weighted by Crippen LogP contribution is 2.31. The van der Waals surface area contributed by atoms with E-state index in [0.29, 0.717) is 38.2 Å². The summed E-state index contributed by atoms with van der Waals surface area (Å²) in [5.41, 5.74) is 1.45. The van der Waals surface area contributed by atoms with Gasteiger partial charge in [0.2, 0.25) is 11.0 Å². The molecule has 4 aromatic rings. The Morgan fingerprint density at radius 1 is 1.07 bits per heavy atom. The van der Waals surface area contributed by atoms with E-state index in [1.807, 2.05) is 23.6 Å². The van der Waals surface area contributed by atoms with Crippen molar-refractivity contribution in [2.75, 3.05) is 5.32 Å². The van der Waals surface area contributed by atoms with Gasteiger partial charge >= 0.3 is 0 Å². The molecule has 1 amide bonds. The smallest absolute Gasteiger partial charge is 0.232 e. The maximum Gasteiger partial charge on any atom is 0.232 e. The standard InChI is InChI=1S/C20H14Cl2N4O2S2/c21-12-5-7-14(8-6-12)28-10-18-23-13(11-29-18)9-17(27)24-20-26-25-19(30-20)15-3-1-2-4-16(15)22/h1-8,11H,9-10H2,(H,24,26,27). The third-order valence-electron chi connectivity index (χ3n) is 3.89.